The molecule has 1 saturated heterocycles. The first kappa shape index (κ1) is 13.6. The Labute approximate surface area is 121 Å². The lowest BCUT2D eigenvalue weighted by atomic mass is 9.99. The maximum Gasteiger partial charge on any atom is 0.227 e. The highest BCUT2D eigenvalue weighted by molar-refractivity contribution is 5.80. The largest absolute Gasteiger partial charge is 0.335 e. The summed E-state index contributed by atoms with van der Waals surface area (Å²) in [5, 5.41) is 3.39. The topological polar surface area (TPSA) is 32.3 Å². The summed E-state index contributed by atoms with van der Waals surface area (Å²) in [6, 6.07) is 9.32. The van der Waals surface area contributed by atoms with Crippen molar-refractivity contribution in [3.05, 3.63) is 35.4 Å². The molecule has 0 aromatic heterocycles. The Balaban J connectivity index is 1.74. The van der Waals surface area contributed by atoms with Crippen LogP contribution in [0.15, 0.2) is 24.3 Å². The number of aryl methyl sites for hydroxylation is 1. The summed E-state index contributed by atoms with van der Waals surface area (Å²) in [5.74, 6) is 0.520. The van der Waals surface area contributed by atoms with E-state index in [9.17, 15) is 4.79 Å². The van der Waals surface area contributed by atoms with E-state index in [-0.39, 0.29) is 5.92 Å². The molecule has 2 atom stereocenters. The van der Waals surface area contributed by atoms with Gasteiger partial charge >= 0.3 is 0 Å². The molecule has 1 heterocycles. The molecule has 1 saturated carbocycles. The van der Waals surface area contributed by atoms with Crippen LogP contribution in [0.1, 0.15) is 37.3 Å². The molecule has 1 aromatic carbocycles. The van der Waals surface area contributed by atoms with Crippen molar-refractivity contribution >= 4 is 5.91 Å². The summed E-state index contributed by atoms with van der Waals surface area (Å²) in [6.45, 7) is 5.98. The van der Waals surface area contributed by atoms with Gasteiger partial charge in [-0.25, -0.2) is 0 Å². The molecule has 2 aliphatic rings. The predicted octanol–water partition coefficient (Wildman–Crippen LogP) is 2.48. The van der Waals surface area contributed by atoms with E-state index >= 15 is 0 Å². The van der Waals surface area contributed by atoms with Crippen molar-refractivity contribution in [1.82, 2.24) is 10.2 Å². The van der Waals surface area contributed by atoms with Gasteiger partial charge in [0.25, 0.3) is 0 Å². The highest BCUT2D eigenvalue weighted by Crippen LogP contribution is 2.31. The fourth-order valence-electron chi connectivity index (χ4n) is 3.19. The van der Waals surface area contributed by atoms with Gasteiger partial charge in [0.2, 0.25) is 5.91 Å². The van der Waals surface area contributed by atoms with E-state index in [1.165, 1.54) is 24.0 Å². The summed E-state index contributed by atoms with van der Waals surface area (Å²) in [6.07, 6.45) is 3.33. The van der Waals surface area contributed by atoms with Crippen LogP contribution in [0, 0.1) is 12.8 Å². The number of amides is 1. The lowest BCUT2D eigenvalue weighted by molar-refractivity contribution is -0.137. The molecule has 1 amide bonds. The predicted molar refractivity (Wildman–Crippen MR) is 80.3 cm³/mol. The van der Waals surface area contributed by atoms with Crippen molar-refractivity contribution in [1.29, 1.82) is 0 Å². The molecule has 1 aromatic rings. The van der Waals surface area contributed by atoms with Crippen LogP contribution in [0.25, 0.3) is 0 Å². The van der Waals surface area contributed by atoms with E-state index in [2.05, 4.69) is 48.3 Å². The Bertz CT molecular complexity index is 496. The summed E-state index contributed by atoms with van der Waals surface area (Å²) < 4.78 is 0. The molecule has 1 aliphatic carbocycles. The molecule has 3 heteroatoms. The van der Waals surface area contributed by atoms with Crippen molar-refractivity contribution in [3.8, 4) is 0 Å². The zero-order chi connectivity index (χ0) is 14.1. The zero-order valence-electron chi connectivity index (χ0n) is 12.4. The van der Waals surface area contributed by atoms with E-state index in [0.717, 1.165) is 19.5 Å². The number of carbonyl (C=O) groups excluding carboxylic acids is 1. The molecule has 3 rings (SSSR count). The molecule has 2 fully saturated rings. The second kappa shape index (κ2) is 5.57. The van der Waals surface area contributed by atoms with Crippen molar-refractivity contribution in [2.75, 3.05) is 6.54 Å². The number of rotatable bonds is 4. The van der Waals surface area contributed by atoms with Crippen LogP contribution in [-0.2, 0) is 11.3 Å². The minimum atomic E-state index is 0.167. The number of benzene rings is 1. The van der Waals surface area contributed by atoms with Crippen LogP contribution in [-0.4, -0.2) is 29.4 Å². The van der Waals surface area contributed by atoms with Gasteiger partial charge in [-0.15, -0.1) is 0 Å². The smallest absolute Gasteiger partial charge is 0.227 e. The number of nitrogens with zero attached hydrogens (tertiary/aromatic N) is 1. The SMILES string of the molecule is Cc1cccc(CN(C(=O)C2CCNC2C)C2CC2)c1. The summed E-state index contributed by atoms with van der Waals surface area (Å²) >= 11 is 0. The zero-order valence-corrected chi connectivity index (χ0v) is 12.4. The fourth-order valence-corrected chi connectivity index (χ4v) is 3.19. The molecular weight excluding hydrogens is 248 g/mol. The number of nitrogens with one attached hydrogen (secondary N) is 1. The second-order valence-corrected chi connectivity index (χ2v) is 6.32. The van der Waals surface area contributed by atoms with Crippen molar-refractivity contribution in [3.63, 3.8) is 0 Å². The Hall–Kier alpha value is -1.35. The van der Waals surface area contributed by atoms with E-state index in [0.29, 0.717) is 18.0 Å². The Kier molecular flexibility index (Phi) is 3.79. The molecule has 108 valence electrons. The number of hydrogen-bond acceptors (Lipinski definition) is 2. The maximum absolute atomic E-state index is 12.8. The molecule has 0 bridgehead atoms. The molecule has 3 nitrogen and oxygen atoms in total. The van der Waals surface area contributed by atoms with E-state index in [4.69, 9.17) is 0 Å². The van der Waals surface area contributed by atoms with Crippen LogP contribution < -0.4 is 5.32 Å². The Morgan fingerprint density at radius 1 is 1.35 bits per heavy atom. The van der Waals surface area contributed by atoms with Crippen LogP contribution in [0.5, 0.6) is 0 Å². The summed E-state index contributed by atoms with van der Waals surface area (Å²) in [4.78, 5) is 14.9. The molecular formula is C17H24N2O. The standard InChI is InChI=1S/C17H24N2O/c1-12-4-3-5-14(10-12)11-19(15-6-7-15)17(20)16-8-9-18-13(16)2/h3-5,10,13,15-16,18H,6-9,11H2,1-2H3. The second-order valence-electron chi connectivity index (χ2n) is 6.32. The van der Waals surface area contributed by atoms with Crippen molar-refractivity contribution in [2.24, 2.45) is 5.92 Å². The number of hydrogen-bond donors (Lipinski definition) is 1. The van der Waals surface area contributed by atoms with Crippen molar-refractivity contribution < 1.29 is 4.79 Å². The fraction of sp³-hybridized carbons (Fsp3) is 0.588. The summed E-state index contributed by atoms with van der Waals surface area (Å²) in [5.41, 5.74) is 2.52. The summed E-state index contributed by atoms with van der Waals surface area (Å²) in [7, 11) is 0. The van der Waals surface area contributed by atoms with Gasteiger partial charge in [0, 0.05) is 18.6 Å². The first-order valence-corrected chi connectivity index (χ1v) is 7.74. The molecule has 0 spiro atoms. The Morgan fingerprint density at radius 3 is 2.75 bits per heavy atom. The third-order valence-corrected chi connectivity index (χ3v) is 4.55. The van der Waals surface area contributed by atoms with Crippen LogP contribution in [0.4, 0.5) is 0 Å². The highest BCUT2D eigenvalue weighted by atomic mass is 16.2. The molecule has 2 unspecified atom stereocenters. The maximum atomic E-state index is 12.8. The molecule has 1 aliphatic heterocycles. The molecule has 20 heavy (non-hydrogen) atoms. The van der Waals surface area contributed by atoms with Gasteiger partial charge in [0.1, 0.15) is 0 Å². The quantitative estimate of drug-likeness (QED) is 0.913. The van der Waals surface area contributed by atoms with E-state index < -0.39 is 0 Å². The third kappa shape index (κ3) is 2.88. The van der Waals surface area contributed by atoms with Crippen LogP contribution >= 0.6 is 0 Å². The minimum Gasteiger partial charge on any atom is -0.335 e. The lowest BCUT2D eigenvalue weighted by Crippen LogP contribution is -2.41. The Morgan fingerprint density at radius 2 is 2.15 bits per heavy atom. The average Bonchev–Trinajstić information content (AvgIpc) is 3.17. The van der Waals surface area contributed by atoms with Crippen LogP contribution in [0.3, 0.4) is 0 Å². The first-order valence-electron chi connectivity index (χ1n) is 7.74. The van der Waals surface area contributed by atoms with Gasteiger partial charge < -0.3 is 10.2 Å². The number of carbonyl (C=O) groups is 1. The molecule has 0 radical (unpaired) electrons. The lowest BCUT2D eigenvalue weighted by Gasteiger charge is -2.27. The monoisotopic (exact) mass is 272 g/mol. The molecule has 1 N–H and O–H groups in total. The highest BCUT2D eigenvalue weighted by Gasteiger charge is 2.39. The van der Waals surface area contributed by atoms with Crippen LogP contribution in [0.2, 0.25) is 0 Å². The van der Waals surface area contributed by atoms with Gasteiger partial charge in [-0.3, -0.25) is 4.79 Å². The average molecular weight is 272 g/mol. The normalized spacial score (nSPS) is 25.7. The van der Waals surface area contributed by atoms with Gasteiger partial charge in [-0.1, -0.05) is 29.8 Å². The van der Waals surface area contributed by atoms with Gasteiger partial charge in [0.05, 0.1) is 5.92 Å². The minimum absolute atomic E-state index is 0.167. The third-order valence-electron chi connectivity index (χ3n) is 4.55. The van der Waals surface area contributed by atoms with Gasteiger partial charge in [-0.2, -0.15) is 0 Å². The van der Waals surface area contributed by atoms with Crippen molar-refractivity contribution in [2.45, 2.75) is 51.7 Å². The van der Waals surface area contributed by atoms with E-state index in [1.807, 2.05) is 0 Å². The first-order chi connectivity index (χ1) is 9.65. The van der Waals surface area contributed by atoms with E-state index in [1.54, 1.807) is 0 Å². The van der Waals surface area contributed by atoms with Gasteiger partial charge in [0.15, 0.2) is 0 Å². The van der Waals surface area contributed by atoms with Gasteiger partial charge in [-0.05, 0) is 45.2 Å².